The van der Waals surface area contributed by atoms with Gasteiger partial charge in [-0.15, -0.1) is 5.10 Å². The van der Waals surface area contributed by atoms with Crippen LogP contribution in [0.3, 0.4) is 0 Å². The molecule has 0 saturated carbocycles. The zero-order valence-corrected chi connectivity index (χ0v) is 13.3. The average Bonchev–Trinajstić information content (AvgIpc) is 3.13. The van der Waals surface area contributed by atoms with E-state index in [9.17, 15) is 0 Å². The molecule has 0 unspecified atom stereocenters. The van der Waals surface area contributed by atoms with Crippen LogP contribution in [0.2, 0.25) is 0 Å². The molecule has 2 aromatic carbocycles. The number of benzene rings is 2. The van der Waals surface area contributed by atoms with Crippen molar-refractivity contribution < 1.29 is 0 Å². The molecule has 0 fully saturated rings. The van der Waals surface area contributed by atoms with Gasteiger partial charge in [-0.1, -0.05) is 53.7 Å². The van der Waals surface area contributed by atoms with Crippen molar-refractivity contribution in [2.75, 3.05) is 0 Å². The fraction of sp³-hybridized carbons (Fsp3) is 0.0500. The van der Waals surface area contributed by atoms with Gasteiger partial charge in [0, 0.05) is 17.3 Å². The molecule has 0 saturated heterocycles. The van der Waals surface area contributed by atoms with Gasteiger partial charge in [-0.05, 0) is 30.7 Å². The molecule has 0 amide bonds. The van der Waals surface area contributed by atoms with Gasteiger partial charge in [0.2, 0.25) is 0 Å². The second-order valence-electron chi connectivity index (χ2n) is 5.63. The highest BCUT2D eigenvalue weighted by molar-refractivity contribution is 5.65. The van der Waals surface area contributed by atoms with Gasteiger partial charge in [0.25, 0.3) is 0 Å². The molecule has 0 bridgehead atoms. The number of aryl methyl sites for hydroxylation is 1. The molecule has 24 heavy (non-hydrogen) atoms. The quantitative estimate of drug-likeness (QED) is 0.566. The van der Waals surface area contributed by atoms with E-state index in [-0.39, 0.29) is 0 Å². The van der Waals surface area contributed by atoms with Gasteiger partial charge in [0.15, 0.2) is 0 Å². The van der Waals surface area contributed by atoms with Gasteiger partial charge in [0.1, 0.15) is 5.69 Å². The first kappa shape index (κ1) is 14.3. The molecule has 2 aromatic heterocycles. The third-order valence-corrected chi connectivity index (χ3v) is 3.96. The lowest BCUT2D eigenvalue weighted by atomic mass is 10.1. The molecule has 0 spiro atoms. The first-order chi connectivity index (χ1) is 11.8. The number of hydrogen-bond acceptors (Lipinski definition) is 3. The minimum atomic E-state index is 0.856. The molecule has 0 N–H and O–H groups in total. The van der Waals surface area contributed by atoms with Crippen molar-refractivity contribution >= 4 is 0 Å². The topological polar surface area (TPSA) is 43.6 Å². The molecular formula is C20H16N4. The zero-order chi connectivity index (χ0) is 16.4. The summed E-state index contributed by atoms with van der Waals surface area (Å²) in [5.41, 5.74) is 6.09. The van der Waals surface area contributed by atoms with Gasteiger partial charge in [-0.3, -0.25) is 4.98 Å². The van der Waals surface area contributed by atoms with Crippen molar-refractivity contribution in [1.82, 2.24) is 20.0 Å². The standard InChI is InChI=1S/C20H16N4/c1-15-7-6-12-21-20(15)17-10-5-11-18(13-17)24-14-19(22-23-24)16-8-3-2-4-9-16/h2-14H,1H3. The lowest BCUT2D eigenvalue weighted by Crippen LogP contribution is -1.96. The van der Waals surface area contributed by atoms with E-state index < -0.39 is 0 Å². The highest BCUT2D eigenvalue weighted by Gasteiger charge is 2.07. The molecular weight excluding hydrogens is 296 g/mol. The van der Waals surface area contributed by atoms with E-state index in [0.717, 1.165) is 33.8 Å². The van der Waals surface area contributed by atoms with Crippen LogP contribution in [-0.2, 0) is 0 Å². The van der Waals surface area contributed by atoms with Crippen molar-refractivity contribution in [2.24, 2.45) is 0 Å². The van der Waals surface area contributed by atoms with Crippen molar-refractivity contribution in [3.63, 3.8) is 0 Å². The molecule has 116 valence electrons. The van der Waals surface area contributed by atoms with Crippen molar-refractivity contribution in [2.45, 2.75) is 6.92 Å². The number of nitrogens with zero attached hydrogens (tertiary/aromatic N) is 4. The number of aromatic nitrogens is 4. The SMILES string of the molecule is Cc1cccnc1-c1cccc(-n2cc(-c3ccccc3)nn2)c1. The van der Waals surface area contributed by atoms with E-state index in [0.29, 0.717) is 0 Å². The van der Waals surface area contributed by atoms with Crippen LogP contribution in [0.4, 0.5) is 0 Å². The summed E-state index contributed by atoms with van der Waals surface area (Å²) in [6.07, 6.45) is 3.76. The number of rotatable bonds is 3. The van der Waals surface area contributed by atoms with E-state index in [1.165, 1.54) is 0 Å². The molecule has 0 atom stereocenters. The van der Waals surface area contributed by atoms with Crippen LogP contribution in [0, 0.1) is 6.92 Å². The molecule has 0 aliphatic rings. The predicted molar refractivity (Wildman–Crippen MR) is 94.8 cm³/mol. The van der Waals surface area contributed by atoms with Gasteiger partial charge in [-0.25, -0.2) is 4.68 Å². The van der Waals surface area contributed by atoms with Crippen LogP contribution < -0.4 is 0 Å². The highest BCUT2D eigenvalue weighted by atomic mass is 15.4. The predicted octanol–water partition coefficient (Wildman–Crippen LogP) is 4.30. The Hall–Kier alpha value is -3.27. The van der Waals surface area contributed by atoms with E-state index in [4.69, 9.17) is 0 Å². The van der Waals surface area contributed by atoms with Crippen molar-refractivity contribution in [3.05, 3.63) is 84.7 Å². The molecule has 0 aliphatic heterocycles. The Morgan fingerprint density at radius 3 is 2.50 bits per heavy atom. The highest BCUT2D eigenvalue weighted by Crippen LogP contribution is 2.23. The maximum absolute atomic E-state index is 4.49. The van der Waals surface area contributed by atoms with Gasteiger partial charge < -0.3 is 0 Å². The minimum Gasteiger partial charge on any atom is -0.256 e. The molecule has 2 heterocycles. The molecule has 4 heteroatoms. The molecule has 4 nitrogen and oxygen atoms in total. The summed E-state index contributed by atoms with van der Waals surface area (Å²) in [6.45, 7) is 2.07. The van der Waals surface area contributed by atoms with Crippen LogP contribution in [-0.4, -0.2) is 20.0 Å². The second kappa shape index (κ2) is 6.08. The lowest BCUT2D eigenvalue weighted by molar-refractivity contribution is 0.804. The summed E-state index contributed by atoms with van der Waals surface area (Å²) in [7, 11) is 0. The molecule has 4 rings (SSSR count). The van der Waals surface area contributed by atoms with Crippen LogP contribution in [0.25, 0.3) is 28.2 Å². The Balaban J connectivity index is 1.72. The molecule has 0 aliphatic carbocycles. The maximum atomic E-state index is 4.49. The third kappa shape index (κ3) is 2.70. The fourth-order valence-electron chi connectivity index (χ4n) is 2.71. The van der Waals surface area contributed by atoms with E-state index in [2.05, 4.69) is 40.4 Å². The fourth-order valence-corrected chi connectivity index (χ4v) is 2.71. The van der Waals surface area contributed by atoms with Crippen LogP contribution >= 0.6 is 0 Å². The smallest absolute Gasteiger partial charge is 0.113 e. The Bertz CT molecular complexity index is 974. The zero-order valence-electron chi connectivity index (χ0n) is 13.3. The summed E-state index contributed by atoms with van der Waals surface area (Å²) in [4.78, 5) is 4.49. The van der Waals surface area contributed by atoms with Crippen molar-refractivity contribution in [3.8, 4) is 28.2 Å². The normalized spacial score (nSPS) is 10.7. The van der Waals surface area contributed by atoms with E-state index in [1.54, 1.807) is 4.68 Å². The van der Waals surface area contributed by atoms with E-state index in [1.807, 2.05) is 60.9 Å². The summed E-state index contributed by atoms with van der Waals surface area (Å²) in [5.74, 6) is 0. The van der Waals surface area contributed by atoms with Crippen molar-refractivity contribution in [1.29, 1.82) is 0 Å². The number of pyridine rings is 1. The maximum Gasteiger partial charge on any atom is 0.113 e. The monoisotopic (exact) mass is 312 g/mol. The summed E-state index contributed by atoms with van der Waals surface area (Å²) in [5, 5.41) is 8.55. The second-order valence-corrected chi connectivity index (χ2v) is 5.63. The summed E-state index contributed by atoms with van der Waals surface area (Å²) >= 11 is 0. The molecule has 0 radical (unpaired) electrons. The first-order valence-electron chi connectivity index (χ1n) is 7.81. The minimum absolute atomic E-state index is 0.856. The van der Waals surface area contributed by atoms with Crippen LogP contribution in [0.1, 0.15) is 5.56 Å². The Kier molecular flexibility index (Phi) is 3.63. The van der Waals surface area contributed by atoms with E-state index >= 15 is 0 Å². The third-order valence-electron chi connectivity index (χ3n) is 3.96. The summed E-state index contributed by atoms with van der Waals surface area (Å²) < 4.78 is 1.80. The van der Waals surface area contributed by atoms with Gasteiger partial charge >= 0.3 is 0 Å². The van der Waals surface area contributed by atoms with Crippen LogP contribution in [0.5, 0.6) is 0 Å². The van der Waals surface area contributed by atoms with Gasteiger partial charge in [0.05, 0.1) is 17.6 Å². The summed E-state index contributed by atoms with van der Waals surface area (Å²) in [6, 6.07) is 22.2. The Morgan fingerprint density at radius 2 is 1.67 bits per heavy atom. The lowest BCUT2D eigenvalue weighted by Gasteiger charge is -2.06. The Morgan fingerprint density at radius 1 is 0.833 bits per heavy atom. The van der Waals surface area contributed by atoms with Crippen LogP contribution in [0.15, 0.2) is 79.1 Å². The average molecular weight is 312 g/mol. The Labute approximate surface area is 140 Å². The largest absolute Gasteiger partial charge is 0.256 e. The molecule has 4 aromatic rings. The first-order valence-corrected chi connectivity index (χ1v) is 7.81. The van der Waals surface area contributed by atoms with Gasteiger partial charge in [-0.2, -0.15) is 0 Å². The number of hydrogen-bond donors (Lipinski definition) is 0.